The molecule has 6 nitrogen and oxygen atoms in total. The molecule has 1 amide bonds. The van der Waals surface area contributed by atoms with Crippen molar-refractivity contribution in [3.05, 3.63) is 53.6 Å². The molecule has 1 aromatic carbocycles. The van der Waals surface area contributed by atoms with Gasteiger partial charge in [0.25, 0.3) is 5.91 Å². The van der Waals surface area contributed by atoms with Crippen LogP contribution in [0.4, 0.5) is 5.00 Å². The number of nitrogens with zero attached hydrogens (tertiary/aromatic N) is 2. The molecule has 0 aliphatic rings. The first-order valence-electron chi connectivity index (χ1n) is 7.20. The van der Waals surface area contributed by atoms with Crippen molar-refractivity contribution in [2.75, 3.05) is 12.4 Å². The average molecular weight is 327 g/mol. The fourth-order valence-corrected chi connectivity index (χ4v) is 3.02. The zero-order valence-electron chi connectivity index (χ0n) is 12.9. The second kappa shape index (κ2) is 6.62. The molecule has 2 heterocycles. The highest BCUT2D eigenvalue weighted by molar-refractivity contribution is 7.10. The van der Waals surface area contributed by atoms with Crippen molar-refractivity contribution in [3.8, 4) is 11.3 Å². The van der Waals surface area contributed by atoms with Crippen molar-refractivity contribution >= 4 is 22.4 Å². The Labute approximate surface area is 138 Å². The van der Waals surface area contributed by atoms with Gasteiger partial charge in [0.1, 0.15) is 10.8 Å². The standard InChI is InChI=1S/C16H17N5OS/c1-10-14(16(17-2)23-21-10)15(22)19-9-13-18-8-12(20-13)11-6-4-3-5-7-11/h3-8,17H,9H2,1-2H3,(H,18,20)(H,19,22). The molecule has 0 fully saturated rings. The molecule has 3 N–H and O–H groups in total. The number of rotatable bonds is 5. The number of benzene rings is 1. The van der Waals surface area contributed by atoms with Crippen molar-refractivity contribution in [1.29, 1.82) is 0 Å². The van der Waals surface area contributed by atoms with Crippen molar-refractivity contribution < 1.29 is 4.79 Å². The fourth-order valence-electron chi connectivity index (χ4n) is 2.28. The molecule has 0 aliphatic heterocycles. The maximum Gasteiger partial charge on any atom is 0.256 e. The van der Waals surface area contributed by atoms with Crippen LogP contribution in [-0.2, 0) is 6.54 Å². The Bertz CT molecular complexity index is 809. The van der Waals surface area contributed by atoms with Crippen LogP contribution in [0.2, 0.25) is 0 Å². The van der Waals surface area contributed by atoms with E-state index in [9.17, 15) is 4.79 Å². The van der Waals surface area contributed by atoms with Gasteiger partial charge in [0.15, 0.2) is 0 Å². The lowest BCUT2D eigenvalue weighted by molar-refractivity contribution is 0.0950. The summed E-state index contributed by atoms with van der Waals surface area (Å²) in [5.74, 6) is 0.558. The minimum Gasteiger partial charge on any atom is -0.378 e. The van der Waals surface area contributed by atoms with Crippen molar-refractivity contribution in [3.63, 3.8) is 0 Å². The number of hydrogen-bond donors (Lipinski definition) is 3. The van der Waals surface area contributed by atoms with Gasteiger partial charge in [0.05, 0.1) is 29.7 Å². The molecule has 3 rings (SSSR count). The van der Waals surface area contributed by atoms with Gasteiger partial charge in [-0.2, -0.15) is 4.37 Å². The first-order chi connectivity index (χ1) is 11.2. The van der Waals surface area contributed by atoms with Gasteiger partial charge in [-0.25, -0.2) is 4.98 Å². The Morgan fingerprint density at radius 3 is 2.83 bits per heavy atom. The highest BCUT2D eigenvalue weighted by Gasteiger charge is 2.17. The second-order valence-electron chi connectivity index (χ2n) is 5.01. The van der Waals surface area contributed by atoms with E-state index in [1.807, 2.05) is 37.3 Å². The molecule has 0 unspecified atom stereocenters. The molecular weight excluding hydrogens is 310 g/mol. The average Bonchev–Trinajstić information content (AvgIpc) is 3.20. The van der Waals surface area contributed by atoms with Gasteiger partial charge in [-0.05, 0) is 24.0 Å². The lowest BCUT2D eigenvalue weighted by atomic mass is 10.2. The van der Waals surface area contributed by atoms with Crippen LogP contribution in [0, 0.1) is 6.92 Å². The maximum atomic E-state index is 12.3. The predicted octanol–water partition coefficient (Wildman–Crippen LogP) is 2.81. The van der Waals surface area contributed by atoms with Gasteiger partial charge < -0.3 is 15.6 Å². The number of anilines is 1. The van der Waals surface area contributed by atoms with Crippen LogP contribution in [0.3, 0.4) is 0 Å². The lowest BCUT2D eigenvalue weighted by Gasteiger charge is -2.05. The minimum absolute atomic E-state index is 0.154. The Balaban J connectivity index is 1.68. The van der Waals surface area contributed by atoms with Gasteiger partial charge in [-0.15, -0.1) is 0 Å². The number of aromatic amines is 1. The Kier molecular flexibility index (Phi) is 4.38. The molecule has 0 saturated heterocycles. The van der Waals surface area contributed by atoms with Gasteiger partial charge in [-0.1, -0.05) is 30.3 Å². The SMILES string of the molecule is CNc1snc(C)c1C(=O)NCc1ncc(-c2ccccc2)[nH]1. The number of carbonyl (C=O) groups excluding carboxylic acids is 1. The maximum absolute atomic E-state index is 12.3. The van der Waals surface area contributed by atoms with E-state index in [2.05, 4.69) is 25.0 Å². The third kappa shape index (κ3) is 3.24. The van der Waals surface area contributed by atoms with Crippen LogP contribution >= 0.6 is 11.5 Å². The Morgan fingerprint density at radius 1 is 1.30 bits per heavy atom. The number of carbonyl (C=O) groups is 1. The number of hydrogen-bond acceptors (Lipinski definition) is 5. The first-order valence-corrected chi connectivity index (χ1v) is 7.98. The van der Waals surface area contributed by atoms with Gasteiger partial charge in [-0.3, -0.25) is 4.79 Å². The van der Waals surface area contributed by atoms with E-state index in [1.54, 1.807) is 13.2 Å². The van der Waals surface area contributed by atoms with Gasteiger partial charge in [0, 0.05) is 7.05 Å². The van der Waals surface area contributed by atoms with E-state index >= 15 is 0 Å². The lowest BCUT2D eigenvalue weighted by Crippen LogP contribution is -2.24. The molecule has 23 heavy (non-hydrogen) atoms. The topological polar surface area (TPSA) is 82.7 Å². The van der Waals surface area contributed by atoms with E-state index in [1.165, 1.54) is 11.5 Å². The minimum atomic E-state index is -0.154. The number of H-pyrrole nitrogens is 1. The number of amides is 1. The summed E-state index contributed by atoms with van der Waals surface area (Å²) >= 11 is 1.28. The Morgan fingerprint density at radius 2 is 2.09 bits per heavy atom. The summed E-state index contributed by atoms with van der Waals surface area (Å²) in [6, 6.07) is 9.94. The normalized spacial score (nSPS) is 10.5. The highest BCUT2D eigenvalue weighted by atomic mass is 32.1. The number of aromatic nitrogens is 3. The molecule has 118 valence electrons. The van der Waals surface area contributed by atoms with E-state index < -0.39 is 0 Å². The molecular formula is C16H17N5OS. The monoisotopic (exact) mass is 327 g/mol. The van der Waals surface area contributed by atoms with E-state index in [4.69, 9.17) is 0 Å². The number of nitrogens with one attached hydrogen (secondary N) is 3. The molecule has 0 radical (unpaired) electrons. The first kappa shape index (κ1) is 15.2. The second-order valence-corrected chi connectivity index (χ2v) is 5.79. The molecule has 0 atom stereocenters. The molecule has 2 aromatic heterocycles. The van der Waals surface area contributed by atoms with Crippen molar-refractivity contribution in [2.24, 2.45) is 0 Å². The number of imidazole rings is 1. The summed E-state index contributed by atoms with van der Waals surface area (Å²) in [7, 11) is 1.78. The highest BCUT2D eigenvalue weighted by Crippen LogP contribution is 2.23. The number of aryl methyl sites for hydroxylation is 1. The zero-order chi connectivity index (χ0) is 16.2. The van der Waals surface area contributed by atoms with Crippen LogP contribution in [0.25, 0.3) is 11.3 Å². The summed E-state index contributed by atoms with van der Waals surface area (Å²) in [5, 5.41) is 6.64. The third-order valence-electron chi connectivity index (χ3n) is 3.45. The summed E-state index contributed by atoms with van der Waals surface area (Å²) in [6.07, 6.45) is 1.77. The third-order valence-corrected chi connectivity index (χ3v) is 4.40. The molecule has 0 aliphatic carbocycles. The van der Waals surface area contributed by atoms with Crippen LogP contribution in [0.15, 0.2) is 36.5 Å². The van der Waals surface area contributed by atoms with Crippen LogP contribution in [-0.4, -0.2) is 27.3 Å². The molecule has 7 heteroatoms. The van der Waals surface area contributed by atoms with Crippen molar-refractivity contribution in [2.45, 2.75) is 13.5 Å². The fraction of sp³-hybridized carbons (Fsp3) is 0.188. The Hall–Kier alpha value is -2.67. The molecule has 3 aromatic rings. The van der Waals surface area contributed by atoms with Crippen molar-refractivity contribution in [1.82, 2.24) is 19.7 Å². The zero-order valence-corrected chi connectivity index (χ0v) is 13.7. The molecule has 0 saturated carbocycles. The van der Waals surface area contributed by atoms with E-state index in [0.29, 0.717) is 17.9 Å². The summed E-state index contributed by atoms with van der Waals surface area (Å²) < 4.78 is 4.20. The van der Waals surface area contributed by atoms with Crippen LogP contribution < -0.4 is 10.6 Å². The molecule has 0 bridgehead atoms. The summed E-state index contributed by atoms with van der Waals surface area (Å²) in [6.45, 7) is 2.16. The van der Waals surface area contributed by atoms with E-state index in [-0.39, 0.29) is 5.91 Å². The smallest absolute Gasteiger partial charge is 0.256 e. The summed E-state index contributed by atoms with van der Waals surface area (Å²) in [5.41, 5.74) is 3.31. The van der Waals surface area contributed by atoms with Gasteiger partial charge >= 0.3 is 0 Å². The van der Waals surface area contributed by atoms with Gasteiger partial charge in [0.2, 0.25) is 0 Å². The van der Waals surface area contributed by atoms with Crippen LogP contribution in [0.5, 0.6) is 0 Å². The predicted molar refractivity (Wildman–Crippen MR) is 91.6 cm³/mol. The van der Waals surface area contributed by atoms with Crippen LogP contribution in [0.1, 0.15) is 21.9 Å². The molecule has 0 spiro atoms. The van der Waals surface area contributed by atoms with E-state index in [0.717, 1.165) is 22.0 Å². The summed E-state index contributed by atoms with van der Waals surface area (Å²) in [4.78, 5) is 19.9. The quantitative estimate of drug-likeness (QED) is 0.673. The largest absolute Gasteiger partial charge is 0.378 e.